The van der Waals surface area contributed by atoms with Crippen molar-refractivity contribution in [3.63, 3.8) is 0 Å². The Morgan fingerprint density at radius 1 is 1.50 bits per heavy atom. The van der Waals surface area contributed by atoms with Gasteiger partial charge in [-0.1, -0.05) is 6.07 Å². The summed E-state index contributed by atoms with van der Waals surface area (Å²) in [6, 6.07) is 5.36. The predicted molar refractivity (Wildman–Crippen MR) is 76.8 cm³/mol. The van der Waals surface area contributed by atoms with E-state index in [9.17, 15) is 9.90 Å². The lowest BCUT2D eigenvalue weighted by Gasteiger charge is -2.21. The zero-order valence-electron chi connectivity index (χ0n) is 11.2. The first kappa shape index (κ1) is 14.5. The lowest BCUT2D eigenvalue weighted by molar-refractivity contribution is 0.0681. The minimum Gasteiger partial charge on any atom is -0.506 e. The smallest absolute Gasteiger partial charge is 0.255 e. The first-order chi connectivity index (χ1) is 9.70. The van der Waals surface area contributed by atoms with Crippen molar-refractivity contribution in [2.45, 2.75) is 6.54 Å². The number of hydrogen-bond donors (Lipinski definition) is 1. The van der Waals surface area contributed by atoms with E-state index >= 15 is 0 Å². The van der Waals surface area contributed by atoms with Crippen molar-refractivity contribution in [1.82, 2.24) is 9.88 Å². The first-order valence-corrected chi connectivity index (χ1v) is 7.03. The Bertz CT molecular complexity index is 557. The zero-order valence-corrected chi connectivity index (χ0v) is 12.0. The molecule has 0 unspecified atom stereocenters. The van der Waals surface area contributed by atoms with E-state index in [1.165, 1.54) is 18.5 Å². The van der Waals surface area contributed by atoms with Crippen LogP contribution in [0.5, 0.6) is 5.75 Å². The molecule has 0 aromatic carbocycles. The van der Waals surface area contributed by atoms with E-state index in [-0.39, 0.29) is 11.7 Å². The lowest BCUT2D eigenvalue weighted by Crippen LogP contribution is -2.33. The molecule has 2 heterocycles. The molecule has 1 amide bonds. The normalized spacial score (nSPS) is 10.4. The molecule has 6 heteroatoms. The van der Waals surface area contributed by atoms with Crippen LogP contribution in [0.4, 0.5) is 0 Å². The highest BCUT2D eigenvalue weighted by Gasteiger charge is 2.17. The van der Waals surface area contributed by atoms with Gasteiger partial charge < -0.3 is 14.7 Å². The van der Waals surface area contributed by atoms with Gasteiger partial charge in [0, 0.05) is 24.7 Å². The average Bonchev–Trinajstić information content (AvgIpc) is 2.95. The zero-order chi connectivity index (χ0) is 14.4. The molecule has 2 aromatic rings. The summed E-state index contributed by atoms with van der Waals surface area (Å²) in [4.78, 5) is 19.1. The molecule has 0 saturated heterocycles. The van der Waals surface area contributed by atoms with Crippen molar-refractivity contribution >= 4 is 17.2 Å². The van der Waals surface area contributed by atoms with E-state index in [4.69, 9.17) is 4.74 Å². The lowest BCUT2D eigenvalue weighted by atomic mass is 10.2. The highest BCUT2D eigenvalue weighted by Crippen LogP contribution is 2.16. The topological polar surface area (TPSA) is 62.7 Å². The Morgan fingerprint density at radius 3 is 3.00 bits per heavy atom. The average molecular weight is 292 g/mol. The molecule has 0 radical (unpaired) electrons. The summed E-state index contributed by atoms with van der Waals surface area (Å²) in [7, 11) is 1.60. The van der Waals surface area contributed by atoms with Gasteiger partial charge >= 0.3 is 0 Å². The Hall–Kier alpha value is -1.92. The van der Waals surface area contributed by atoms with Crippen LogP contribution in [0, 0.1) is 0 Å². The Kier molecular flexibility index (Phi) is 5.09. The molecule has 0 aliphatic carbocycles. The van der Waals surface area contributed by atoms with Crippen LogP contribution in [-0.4, -0.2) is 41.2 Å². The van der Waals surface area contributed by atoms with E-state index < -0.39 is 0 Å². The molecule has 0 aliphatic heterocycles. The van der Waals surface area contributed by atoms with Crippen molar-refractivity contribution < 1.29 is 14.6 Å². The van der Waals surface area contributed by atoms with E-state index in [1.54, 1.807) is 23.3 Å². The molecule has 0 spiro atoms. The highest BCUT2D eigenvalue weighted by atomic mass is 32.1. The van der Waals surface area contributed by atoms with Gasteiger partial charge in [-0.15, -0.1) is 11.3 Å². The first-order valence-electron chi connectivity index (χ1n) is 6.15. The molecule has 2 aromatic heterocycles. The number of amides is 1. The Balaban J connectivity index is 2.14. The van der Waals surface area contributed by atoms with Crippen LogP contribution in [0.3, 0.4) is 0 Å². The Labute approximate surface area is 121 Å². The van der Waals surface area contributed by atoms with Crippen molar-refractivity contribution in [3.05, 3.63) is 46.4 Å². The maximum absolute atomic E-state index is 12.5. The second-order valence-electron chi connectivity index (χ2n) is 4.23. The summed E-state index contributed by atoms with van der Waals surface area (Å²) in [5.74, 6) is -0.183. The predicted octanol–water partition coefficient (Wildman–Crippen LogP) is 2.14. The summed E-state index contributed by atoms with van der Waals surface area (Å²) >= 11 is 1.60. The van der Waals surface area contributed by atoms with Crippen molar-refractivity contribution in [1.29, 1.82) is 0 Å². The number of aromatic hydroxyl groups is 1. The summed E-state index contributed by atoms with van der Waals surface area (Å²) in [5.41, 5.74) is 0.373. The fourth-order valence-electron chi connectivity index (χ4n) is 1.77. The molecule has 0 aliphatic rings. The number of rotatable bonds is 6. The largest absolute Gasteiger partial charge is 0.506 e. The van der Waals surface area contributed by atoms with Crippen LogP contribution in [0.15, 0.2) is 36.0 Å². The molecular weight excluding hydrogens is 276 g/mol. The van der Waals surface area contributed by atoms with Crippen LogP contribution in [0.2, 0.25) is 0 Å². The maximum atomic E-state index is 12.5. The van der Waals surface area contributed by atoms with E-state index in [2.05, 4.69) is 4.98 Å². The minimum atomic E-state index is -0.168. The third-order valence-electron chi connectivity index (χ3n) is 2.75. The summed E-state index contributed by atoms with van der Waals surface area (Å²) in [6.45, 7) is 1.47. The van der Waals surface area contributed by atoms with Crippen molar-refractivity contribution in [2.24, 2.45) is 0 Å². The van der Waals surface area contributed by atoms with Gasteiger partial charge in [-0.25, -0.2) is 0 Å². The molecule has 0 bridgehead atoms. The fraction of sp³-hybridized carbons (Fsp3) is 0.286. The van der Waals surface area contributed by atoms with Crippen molar-refractivity contribution in [3.8, 4) is 5.75 Å². The number of methoxy groups -OCH3 is 1. The fourth-order valence-corrected chi connectivity index (χ4v) is 2.49. The maximum Gasteiger partial charge on any atom is 0.255 e. The van der Waals surface area contributed by atoms with Crippen LogP contribution >= 0.6 is 11.3 Å². The summed E-state index contributed by atoms with van der Waals surface area (Å²) in [5, 5.41) is 11.4. The van der Waals surface area contributed by atoms with Gasteiger partial charge in [-0.05, 0) is 17.5 Å². The Morgan fingerprint density at radius 2 is 2.35 bits per heavy atom. The molecule has 1 N–H and O–H groups in total. The number of hydrogen-bond acceptors (Lipinski definition) is 5. The summed E-state index contributed by atoms with van der Waals surface area (Å²) < 4.78 is 5.05. The van der Waals surface area contributed by atoms with Crippen LogP contribution in [0.1, 0.15) is 15.2 Å². The van der Waals surface area contributed by atoms with E-state index in [0.29, 0.717) is 25.3 Å². The third-order valence-corrected chi connectivity index (χ3v) is 3.61. The number of pyridine rings is 1. The molecule has 106 valence electrons. The van der Waals surface area contributed by atoms with Crippen LogP contribution in [0.25, 0.3) is 0 Å². The number of nitrogens with zero attached hydrogens (tertiary/aromatic N) is 2. The standard InChI is InChI=1S/C14H16N2O3S/c1-19-5-4-16(10-13-3-2-6-20-13)14(18)11-7-12(17)9-15-8-11/h2-3,6-9,17H,4-5,10H2,1H3. The molecule has 2 rings (SSSR count). The second kappa shape index (κ2) is 7.02. The van der Waals surface area contributed by atoms with Gasteiger partial charge in [-0.2, -0.15) is 0 Å². The quantitative estimate of drug-likeness (QED) is 0.886. The molecule has 0 saturated carbocycles. The number of ether oxygens (including phenoxy) is 1. The number of carbonyl (C=O) groups is 1. The monoisotopic (exact) mass is 292 g/mol. The molecule has 0 fully saturated rings. The van der Waals surface area contributed by atoms with Gasteiger partial charge in [-0.3, -0.25) is 9.78 Å². The van der Waals surface area contributed by atoms with E-state index in [0.717, 1.165) is 4.88 Å². The van der Waals surface area contributed by atoms with E-state index in [1.807, 2.05) is 17.5 Å². The molecule has 20 heavy (non-hydrogen) atoms. The van der Waals surface area contributed by atoms with Gasteiger partial charge in [0.2, 0.25) is 0 Å². The number of aromatic nitrogens is 1. The number of thiophene rings is 1. The SMILES string of the molecule is COCCN(Cc1cccs1)C(=O)c1cncc(O)c1. The van der Waals surface area contributed by atoms with Gasteiger partial charge in [0.1, 0.15) is 5.75 Å². The van der Waals surface area contributed by atoms with Gasteiger partial charge in [0.05, 0.1) is 24.9 Å². The second-order valence-corrected chi connectivity index (χ2v) is 5.26. The minimum absolute atomic E-state index is 0.0151. The number of carbonyl (C=O) groups excluding carboxylic acids is 1. The molecular formula is C14H16N2O3S. The third kappa shape index (κ3) is 3.79. The summed E-state index contributed by atoms with van der Waals surface area (Å²) in [6.07, 6.45) is 2.76. The molecule has 0 atom stereocenters. The van der Waals surface area contributed by atoms with Gasteiger partial charge in [0.15, 0.2) is 0 Å². The van der Waals surface area contributed by atoms with Crippen molar-refractivity contribution in [2.75, 3.05) is 20.3 Å². The molecule has 5 nitrogen and oxygen atoms in total. The van der Waals surface area contributed by atoms with Crippen LogP contribution in [-0.2, 0) is 11.3 Å². The van der Waals surface area contributed by atoms with Crippen LogP contribution < -0.4 is 0 Å². The van der Waals surface area contributed by atoms with Gasteiger partial charge in [0.25, 0.3) is 5.91 Å². The highest BCUT2D eigenvalue weighted by molar-refractivity contribution is 7.09.